The molecule has 0 unspecified atom stereocenters. The first-order chi connectivity index (χ1) is 18.1. The van der Waals surface area contributed by atoms with Crippen LogP contribution in [0.4, 0.5) is 0 Å². The number of benzene rings is 5. The number of rotatable bonds is 2. The van der Waals surface area contributed by atoms with Crippen LogP contribution in [0.5, 0.6) is 0 Å². The Hall–Kier alpha value is -4.67. The number of aromatic nitrogens is 2. The summed E-state index contributed by atoms with van der Waals surface area (Å²) in [5.74, 6) is 0. The monoisotopic (exact) mass is 498 g/mol. The molecular formula is C32H19ClN2O2. The molecule has 0 bridgehead atoms. The van der Waals surface area contributed by atoms with Crippen molar-refractivity contribution in [1.82, 2.24) is 9.13 Å². The van der Waals surface area contributed by atoms with E-state index in [0.29, 0.717) is 32.7 Å². The van der Waals surface area contributed by atoms with Crippen molar-refractivity contribution in [3.8, 4) is 11.4 Å². The molecule has 176 valence electrons. The number of pyridine rings is 2. The Morgan fingerprint density at radius 1 is 0.459 bits per heavy atom. The summed E-state index contributed by atoms with van der Waals surface area (Å²) in [6.45, 7) is 0. The molecule has 7 rings (SSSR count). The molecule has 4 nitrogen and oxygen atoms in total. The number of halogens is 1. The first kappa shape index (κ1) is 21.6. The van der Waals surface area contributed by atoms with Crippen molar-refractivity contribution in [3.05, 3.63) is 141 Å². The first-order valence-electron chi connectivity index (χ1n) is 12.0. The van der Waals surface area contributed by atoms with Gasteiger partial charge in [0, 0.05) is 21.5 Å². The maximum Gasteiger partial charge on any atom is 0.263 e. The zero-order chi connectivity index (χ0) is 25.1. The van der Waals surface area contributed by atoms with Crippen molar-refractivity contribution in [3.63, 3.8) is 0 Å². The van der Waals surface area contributed by atoms with Crippen molar-refractivity contribution in [2.45, 2.75) is 0 Å². The average molecular weight is 499 g/mol. The van der Waals surface area contributed by atoms with Crippen LogP contribution >= 0.6 is 11.6 Å². The third-order valence-corrected chi connectivity index (χ3v) is 7.34. The molecule has 0 radical (unpaired) electrons. The van der Waals surface area contributed by atoms with Crippen LogP contribution in [-0.2, 0) is 0 Å². The Morgan fingerprint density at radius 2 is 0.973 bits per heavy atom. The van der Waals surface area contributed by atoms with Crippen molar-refractivity contribution in [2.24, 2.45) is 0 Å². The second-order valence-electron chi connectivity index (χ2n) is 9.04. The molecule has 0 atom stereocenters. The van der Waals surface area contributed by atoms with Gasteiger partial charge in [-0.1, -0.05) is 84.4 Å². The van der Waals surface area contributed by atoms with E-state index in [4.69, 9.17) is 11.6 Å². The van der Waals surface area contributed by atoms with Gasteiger partial charge < -0.3 is 0 Å². The number of hydrogen-bond donors (Lipinski definition) is 0. The number of hydrogen-bond acceptors (Lipinski definition) is 2. The lowest BCUT2D eigenvalue weighted by Crippen LogP contribution is -2.21. The molecule has 37 heavy (non-hydrogen) atoms. The Kier molecular flexibility index (Phi) is 4.78. The summed E-state index contributed by atoms with van der Waals surface area (Å²) in [6, 6.07) is 36.3. The van der Waals surface area contributed by atoms with Gasteiger partial charge in [0.15, 0.2) is 0 Å². The maximum atomic E-state index is 13.8. The van der Waals surface area contributed by atoms with Crippen molar-refractivity contribution in [1.29, 1.82) is 0 Å². The predicted molar refractivity (Wildman–Crippen MR) is 153 cm³/mol. The predicted octanol–water partition coefficient (Wildman–Crippen LogP) is 7.25. The molecule has 0 aliphatic carbocycles. The Bertz CT molecular complexity index is 2160. The highest BCUT2D eigenvalue weighted by Crippen LogP contribution is 2.31. The highest BCUT2D eigenvalue weighted by atomic mass is 35.5. The largest absolute Gasteiger partial charge is 0.276 e. The summed E-state index contributed by atoms with van der Waals surface area (Å²) in [5, 5.41) is 5.38. The molecule has 0 saturated carbocycles. The fourth-order valence-corrected chi connectivity index (χ4v) is 5.59. The number of nitrogens with zero attached hydrogens (tertiary/aromatic N) is 2. The molecule has 0 fully saturated rings. The van der Waals surface area contributed by atoms with E-state index in [9.17, 15) is 9.59 Å². The van der Waals surface area contributed by atoms with Gasteiger partial charge in [-0.2, -0.15) is 0 Å². The highest BCUT2D eigenvalue weighted by molar-refractivity contribution is 6.32. The molecule has 0 aliphatic rings. The minimum Gasteiger partial charge on any atom is -0.276 e. The summed E-state index contributed by atoms with van der Waals surface area (Å²) in [4.78, 5) is 27.7. The van der Waals surface area contributed by atoms with E-state index in [2.05, 4.69) is 0 Å². The van der Waals surface area contributed by atoms with E-state index in [1.807, 2.05) is 109 Å². The number of para-hydroxylation sites is 2. The standard InChI is InChI=1S/C32H19ClN2O2/c33-27-14-6-8-16-29(27)35-30-19-20(17-18-24(30)22-10-2-4-13-26(22)32(35)37)34-28-15-7-5-11-23(28)21-9-1-3-12-25(21)31(34)36/h1-19H. The molecule has 5 aromatic carbocycles. The Morgan fingerprint density at radius 3 is 1.65 bits per heavy atom. The van der Waals surface area contributed by atoms with Gasteiger partial charge in [-0.05, 0) is 53.2 Å². The third-order valence-electron chi connectivity index (χ3n) is 7.02. The highest BCUT2D eigenvalue weighted by Gasteiger charge is 2.17. The van der Waals surface area contributed by atoms with Crippen molar-refractivity contribution < 1.29 is 0 Å². The van der Waals surface area contributed by atoms with Gasteiger partial charge in [-0.25, -0.2) is 0 Å². The average Bonchev–Trinajstić information content (AvgIpc) is 2.94. The van der Waals surface area contributed by atoms with Gasteiger partial charge in [0.05, 0.1) is 27.4 Å². The quantitative estimate of drug-likeness (QED) is 0.235. The summed E-state index contributed by atoms with van der Waals surface area (Å²) >= 11 is 6.59. The van der Waals surface area contributed by atoms with Crippen molar-refractivity contribution >= 4 is 55.0 Å². The van der Waals surface area contributed by atoms with Crippen LogP contribution in [-0.4, -0.2) is 9.13 Å². The van der Waals surface area contributed by atoms with E-state index in [1.54, 1.807) is 15.2 Å². The van der Waals surface area contributed by atoms with E-state index in [0.717, 1.165) is 27.1 Å². The molecule has 5 heteroatoms. The zero-order valence-electron chi connectivity index (χ0n) is 19.6. The third kappa shape index (κ3) is 3.16. The second-order valence-corrected chi connectivity index (χ2v) is 9.45. The van der Waals surface area contributed by atoms with Crippen LogP contribution < -0.4 is 11.1 Å². The van der Waals surface area contributed by atoms with Crippen LogP contribution in [0, 0.1) is 0 Å². The maximum absolute atomic E-state index is 13.8. The Labute approximate surface area is 216 Å². The lowest BCUT2D eigenvalue weighted by Gasteiger charge is -2.17. The second kappa shape index (κ2) is 8.19. The summed E-state index contributed by atoms with van der Waals surface area (Å²) < 4.78 is 3.38. The van der Waals surface area contributed by atoms with E-state index in [-0.39, 0.29) is 11.1 Å². The minimum absolute atomic E-state index is 0.110. The lowest BCUT2D eigenvalue weighted by atomic mass is 10.0. The van der Waals surface area contributed by atoms with Crippen LogP contribution in [0.15, 0.2) is 125 Å². The SMILES string of the molecule is O=c1c2ccccc2c2ccccc2n1-c1ccc2c3ccccc3c(=O)n(-c3ccccc3Cl)c2c1. The Balaban J connectivity index is 1.66. The number of fused-ring (bicyclic) bond motifs is 6. The van der Waals surface area contributed by atoms with Crippen LogP contribution in [0.2, 0.25) is 5.02 Å². The molecular weight excluding hydrogens is 480 g/mol. The van der Waals surface area contributed by atoms with E-state index >= 15 is 0 Å². The van der Waals surface area contributed by atoms with Gasteiger partial charge in [-0.15, -0.1) is 0 Å². The molecule has 7 aromatic rings. The van der Waals surface area contributed by atoms with E-state index < -0.39 is 0 Å². The van der Waals surface area contributed by atoms with E-state index in [1.165, 1.54) is 0 Å². The zero-order valence-corrected chi connectivity index (χ0v) is 20.3. The van der Waals surface area contributed by atoms with Gasteiger partial charge in [0.25, 0.3) is 11.1 Å². The molecule has 0 N–H and O–H groups in total. The lowest BCUT2D eigenvalue weighted by molar-refractivity contribution is 1.04. The summed E-state index contributed by atoms with van der Waals surface area (Å²) in [6.07, 6.45) is 0. The van der Waals surface area contributed by atoms with Crippen LogP contribution in [0.25, 0.3) is 54.7 Å². The molecule has 2 aromatic heterocycles. The van der Waals surface area contributed by atoms with Crippen LogP contribution in [0.1, 0.15) is 0 Å². The fourth-order valence-electron chi connectivity index (χ4n) is 5.37. The summed E-state index contributed by atoms with van der Waals surface area (Å²) in [7, 11) is 0. The van der Waals surface area contributed by atoms with Crippen LogP contribution in [0.3, 0.4) is 0 Å². The first-order valence-corrected chi connectivity index (χ1v) is 12.4. The molecule has 0 spiro atoms. The fraction of sp³-hybridized carbons (Fsp3) is 0. The smallest absolute Gasteiger partial charge is 0.263 e. The summed E-state index contributed by atoms with van der Waals surface area (Å²) in [5.41, 5.74) is 2.48. The molecule has 2 heterocycles. The normalized spacial score (nSPS) is 11.6. The molecule has 0 amide bonds. The van der Waals surface area contributed by atoms with Gasteiger partial charge in [0.2, 0.25) is 0 Å². The molecule has 0 aliphatic heterocycles. The topological polar surface area (TPSA) is 44.0 Å². The molecule has 0 saturated heterocycles. The van der Waals surface area contributed by atoms with Gasteiger partial charge >= 0.3 is 0 Å². The van der Waals surface area contributed by atoms with Gasteiger partial charge in [-0.3, -0.25) is 18.7 Å². The van der Waals surface area contributed by atoms with Gasteiger partial charge in [0.1, 0.15) is 0 Å². The van der Waals surface area contributed by atoms with Crippen molar-refractivity contribution in [2.75, 3.05) is 0 Å². The minimum atomic E-state index is -0.163.